The molecule has 0 aliphatic carbocycles. The van der Waals surface area contributed by atoms with Crippen molar-refractivity contribution in [2.24, 2.45) is 0 Å². The van der Waals surface area contributed by atoms with Gasteiger partial charge >= 0.3 is 0 Å². The van der Waals surface area contributed by atoms with Gasteiger partial charge in [-0.05, 0) is 53.6 Å². The van der Waals surface area contributed by atoms with Crippen molar-refractivity contribution >= 4 is 35.7 Å². The maximum absolute atomic E-state index is 10.1. The van der Waals surface area contributed by atoms with E-state index in [9.17, 15) is 10.2 Å². The summed E-state index contributed by atoms with van der Waals surface area (Å²) in [7, 11) is 7.55. The van der Waals surface area contributed by atoms with Gasteiger partial charge in [-0.25, -0.2) is 9.97 Å². The Hall–Kier alpha value is -3.80. The van der Waals surface area contributed by atoms with E-state index in [1.165, 1.54) is 6.33 Å². The normalized spacial score (nSPS) is 11.3. The first kappa shape index (κ1) is 20.9. The van der Waals surface area contributed by atoms with E-state index >= 15 is 0 Å². The van der Waals surface area contributed by atoms with E-state index in [4.69, 9.17) is 0 Å². The van der Waals surface area contributed by atoms with Gasteiger partial charge in [0, 0.05) is 28.2 Å². The van der Waals surface area contributed by atoms with Crippen molar-refractivity contribution in [1.29, 1.82) is 0 Å². The average Bonchev–Trinajstić information content (AvgIpc) is 2.70. The fourth-order valence-electron chi connectivity index (χ4n) is 2.98. The fraction of sp³-hybridized carbons (Fsp3) is 0.167. The van der Waals surface area contributed by atoms with Gasteiger partial charge in [-0.1, -0.05) is 24.3 Å². The van der Waals surface area contributed by atoms with Gasteiger partial charge < -0.3 is 20.0 Å². The van der Waals surface area contributed by atoms with Crippen LogP contribution in [0.4, 0.5) is 11.4 Å². The maximum Gasteiger partial charge on any atom is 0.139 e. The molecule has 0 spiro atoms. The number of phenols is 2. The second-order valence-electron chi connectivity index (χ2n) is 7.32. The van der Waals surface area contributed by atoms with Crippen molar-refractivity contribution in [1.82, 2.24) is 9.97 Å². The van der Waals surface area contributed by atoms with Crippen molar-refractivity contribution in [3.63, 3.8) is 0 Å². The van der Waals surface area contributed by atoms with Crippen LogP contribution in [-0.4, -0.2) is 48.4 Å². The lowest BCUT2D eigenvalue weighted by atomic mass is 10.1. The second kappa shape index (κ2) is 9.13. The highest BCUT2D eigenvalue weighted by Gasteiger charge is 2.04. The highest BCUT2D eigenvalue weighted by Crippen LogP contribution is 2.28. The van der Waals surface area contributed by atoms with Crippen LogP contribution in [0, 0.1) is 0 Å². The zero-order valence-corrected chi connectivity index (χ0v) is 17.6. The molecular formula is C24H26N4O2. The molecule has 0 atom stereocenters. The number of phenolic OH excluding ortho intramolecular Hbond substituents is 2. The minimum Gasteiger partial charge on any atom is -0.506 e. The lowest BCUT2D eigenvalue weighted by Gasteiger charge is -2.14. The Kier molecular flexibility index (Phi) is 6.37. The number of anilines is 2. The van der Waals surface area contributed by atoms with Crippen LogP contribution < -0.4 is 9.80 Å². The predicted octanol–water partition coefficient (Wildman–Crippen LogP) is 4.36. The molecule has 154 valence electrons. The van der Waals surface area contributed by atoms with Crippen LogP contribution in [0.5, 0.6) is 11.5 Å². The summed E-state index contributed by atoms with van der Waals surface area (Å²) < 4.78 is 0. The van der Waals surface area contributed by atoms with E-state index in [0.717, 1.165) is 33.9 Å². The summed E-state index contributed by atoms with van der Waals surface area (Å²) in [4.78, 5) is 12.3. The van der Waals surface area contributed by atoms with Gasteiger partial charge in [-0.2, -0.15) is 0 Å². The molecule has 0 aliphatic rings. The van der Waals surface area contributed by atoms with Gasteiger partial charge in [0.1, 0.15) is 17.8 Å². The third-order valence-electron chi connectivity index (χ3n) is 4.57. The topological polar surface area (TPSA) is 72.7 Å². The molecule has 6 nitrogen and oxygen atoms in total. The van der Waals surface area contributed by atoms with E-state index in [1.54, 1.807) is 12.1 Å². The number of aromatic nitrogens is 2. The van der Waals surface area contributed by atoms with Crippen molar-refractivity contribution in [2.75, 3.05) is 38.0 Å². The average molecular weight is 402 g/mol. The van der Waals surface area contributed by atoms with E-state index in [-0.39, 0.29) is 11.5 Å². The van der Waals surface area contributed by atoms with Gasteiger partial charge in [0.15, 0.2) is 0 Å². The van der Waals surface area contributed by atoms with E-state index in [0.29, 0.717) is 0 Å². The quantitative estimate of drug-likeness (QED) is 0.638. The molecule has 1 aromatic heterocycles. The van der Waals surface area contributed by atoms with Gasteiger partial charge in [0.05, 0.1) is 22.8 Å². The minimum atomic E-state index is 0.233. The fourth-order valence-corrected chi connectivity index (χ4v) is 2.98. The Morgan fingerprint density at radius 3 is 1.43 bits per heavy atom. The molecule has 2 N–H and O–H groups in total. The molecule has 3 rings (SSSR count). The second-order valence-corrected chi connectivity index (χ2v) is 7.32. The summed E-state index contributed by atoms with van der Waals surface area (Å²) in [6.45, 7) is 0. The van der Waals surface area contributed by atoms with Gasteiger partial charge in [0.25, 0.3) is 0 Å². The molecule has 30 heavy (non-hydrogen) atoms. The molecule has 6 heteroatoms. The molecular weight excluding hydrogens is 376 g/mol. The molecule has 2 aromatic carbocycles. The first-order valence-corrected chi connectivity index (χ1v) is 9.52. The molecule has 0 saturated carbocycles. The van der Waals surface area contributed by atoms with E-state index in [1.807, 2.05) is 92.6 Å². The third kappa shape index (κ3) is 5.17. The van der Waals surface area contributed by atoms with Crippen LogP contribution in [-0.2, 0) is 0 Å². The third-order valence-corrected chi connectivity index (χ3v) is 4.57. The first-order chi connectivity index (χ1) is 14.3. The maximum atomic E-state index is 10.1. The smallest absolute Gasteiger partial charge is 0.139 e. The standard InChI is InChI=1S/C24H26N4O2/c1-27(2)21-11-7-17(13-23(21)29)5-9-19-15-20(26-16-25-19)10-6-18-8-12-22(28(3)4)24(30)14-18/h5-16,29-30H,1-4H3. The van der Waals surface area contributed by atoms with Crippen LogP contribution in [0.1, 0.15) is 22.5 Å². The number of rotatable bonds is 6. The Balaban J connectivity index is 1.75. The summed E-state index contributed by atoms with van der Waals surface area (Å²) in [6, 6.07) is 12.9. The Labute approximate surface area is 177 Å². The number of aromatic hydroxyl groups is 2. The highest BCUT2D eigenvalue weighted by atomic mass is 16.3. The van der Waals surface area contributed by atoms with Gasteiger partial charge in [-0.3, -0.25) is 0 Å². The zero-order chi connectivity index (χ0) is 21.7. The van der Waals surface area contributed by atoms with Gasteiger partial charge in [0.2, 0.25) is 0 Å². The summed E-state index contributed by atoms with van der Waals surface area (Å²) >= 11 is 0. The lowest BCUT2D eigenvalue weighted by molar-refractivity contribution is 0.475. The summed E-state index contributed by atoms with van der Waals surface area (Å²) in [6.07, 6.45) is 9.06. The molecule has 0 radical (unpaired) electrons. The molecule has 1 heterocycles. The number of benzene rings is 2. The molecule has 0 unspecified atom stereocenters. The molecule has 0 saturated heterocycles. The molecule has 0 bridgehead atoms. The number of nitrogens with zero attached hydrogens (tertiary/aromatic N) is 4. The van der Waals surface area contributed by atoms with Crippen molar-refractivity contribution in [2.45, 2.75) is 0 Å². The largest absolute Gasteiger partial charge is 0.506 e. The highest BCUT2D eigenvalue weighted by molar-refractivity contribution is 5.74. The summed E-state index contributed by atoms with van der Waals surface area (Å²) in [5, 5.41) is 20.2. The van der Waals surface area contributed by atoms with Crippen LogP contribution in [0.25, 0.3) is 24.3 Å². The summed E-state index contributed by atoms with van der Waals surface area (Å²) in [5.74, 6) is 0.467. The Morgan fingerprint density at radius 2 is 1.07 bits per heavy atom. The number of hydrogen-bond donors (Lipinski definition) is 2. The Morgan fingerprint density at radius 1 is 0.633 bits per heavy atom. The molecule has 3 aromatic rings. The number of hydrogen-bond acceptors (Lipinski definition) is 6. The first-order valence-electron chi connectivity index (χ1n) is 9.52. The van der Waals surface area contributed by atoms with Crippen molar-refractivity contribution in [3.05, 3.63) is 71.3 Å². The summed E-state index contributed by atoms with van der Waals surface area (Å²) in [5.41, 5.74) is 4.81. The zero-order valence-electron chi connectivity index (χ0n) is 17.6. The predicted molar refractivity (Wildman–Crippen MR) is 125 cm³/mol. The molecule has 0 amide bonds. The van der Waals surface area contributed by atoms with E-state index < -0.39 is 0 Å². The van der Waals surface area contributed by atoms with Crippen LogP contribution >= 0.6 is 0 Å². The van der Waals surface area contributed by atoms with Gasteiger partial charge in [-0.15, -0.1) is 0 Å². The Bertz CT molecular complexity index is 1010. The molecule has 0 fully saturated rings. The molecule has 0 aliphatic heterocycles. The van der Waals surface area contributed by atoms with Crippen molar-refractivity contribution < 1.29 is 10.2 Å². The van der Waals surface area contributed by atoms with Crippen molar-refractivity contribution in [3.8, 4) is 11.5 Å². The van der Waals surface area contributed by atoms with Crippen LogP contribution in [0.3, 0.4) is 0 Å². The van der Waals surface area contributed by atoms with Crippen LogP contribution in [0.15, 0.2) is 48.8 Å². The van der Waals surface area contributed by atoms with Crippen LogP contribution in [0.2, 0.25) is 0 Å². The minimum absolute atomic E-state index is 0.233. The van der Waals surface area contributed by atoms with E-state index in [2.05, 4.69) is 9.97 Å². The SMILES string of the molecule is CN(C)c1ccc(C=Cc2cc(C=Cc3ccc(N(C)C)c(O)c3)ncn2)cc1O. The lowest BCUT2D eigenvalue weighted by Crippen LogP contribution is -2.08. The monoisotopic (exact) mass is 402 g/mol.